The van der Waals surface area contributed by atoms with Gasteiger partial charge in [-0.25, -0.2) is 9.29 Å². The van der Waals surface area contributed by atoms with E-state index in [-0.39, 0.29) is 5.69 Å². The molecule has 1 N–H and O–H groups in total. The summed E-state index contributed by atoms with van der Waals surface area (Å²) in [7, 11) is 1.20. The number of carbonyl (C=O) groups is 4. The van der Waals surface area contributed by atoms with E-state index in [1.807, 2.05) is 0 Å². The highest BCUT2D eigenvalue weighted by Gasteiger charge is 2.73. The number of rotatable bonds is 4. The quantitative estimate of drug-likeness (QED) is 0.557. The number of benzene rings is 1. The lowest BCUT2D eigenvalue weighted by atomic mass is 9.76. The molecule has 0 aliphatic carbocycles. The van der Waals surface area contributed by atoms with Crippen LogP contribution < -0.4 is 10.2 Å². The Morgan fingerprint density at radius 3 is 2.62 bits per heavy atom. The van der Waals surface area contributed by atoms with Crippen molar-refractivity contribution in [3.05, 3.63) is 54.2 Å². The Hall–Kier alpha value is -3.53. The number of methoxy groups -OCH3 is 1. The molecule has 3 amide bonds. The Labute approximate surface area is 182 Å². The summed E-state index contributed by atoms with van der Waals surface area (Å²) in [4.78, 5) is 55.8. The molecular formula is C22H20FN3O6. The highest BCUT2D eigenvalue weighted by molar-refractivity contribution is 6.24. The van der Waals surface area contributed by atoms with E-state index in [0.29, 0.717) is 18.8 Å². The number of furan rings is 1. The molecule has 4 heterocycles. The van der Waals surface area contributed by atoms with Crippen molar-refractivity contribution in [2.45, 2.75) is 18.0 Å². The van der Waals surface area contributed by atoms with Crippen LogP contribution in [0.3, 0.4) is 0 Å². The fraction of sp³-hybridized carbons (Fsp3) is 0.364. The van der Waals surface area contributed by atoms with Crippen LogP contribution in [0, 0.1) is 17.7 Å². The molecular weight excluding hydrogens is 421 g/mol. The fourth-order valence-corrected chi connectivity index (χ4v) is 5.40. The summed E-state index contributed by atoms with van der Waals surface area (Å²) in [5, 5.41) is 2.75. The van der Waals surface area contributed by atoms with Crippen molar-refractivity contribution < 1.29 is 32.7 Å². The molecule has 166 valence electrons. The van der Waals surface area contributed by atoms with Crippen LogP contribution in [0.1, 0.15) is 18.2 Å². The van der Waals surface area contributed by atoms with Gasteiger partial charge in [0, 0.05) is 13.1 Å². The number of anilines is 1. The molecule has 32 heavy (non-hydrogen) atoms. The molecule has 9 nitrogen and oxygen atoms in total. The van der Waals surface area contributed by atoms with E-state index < -0.39 is 59.3 Å². The number of carbonyl (C=O) groups excluding carboxylic acids is 4. The van der Waals surface area contributed by atoms with Gasteiger partial charge in [-0.2, -0.15) is 0 Å². The van der Waals surface area contributed by atoms with Crippen LogP contribution in [0.15, 0.2) is 47.1 Å². The van der Waals surface area contributed by atoms with Gasteiger partial charge >= 0.3 is 5.97 Å². The lowest BCUT2D eigenvalue weighted by Gasteiger charge is -2.44. The van der Waals surface area contributed by atoms with Gasteiger partial charge in [-0.1, -0.05) is 0 Å². The van der Waals surface area contributed by atoms with Gasteiger partial charge in [-0.05, 0) is 36.4 Å². The molecule has 0 unspecified atom stereocenters. The van der Waals surface area contributed by atoms with Gasteiger partial charge in [0.2, 0.25) is 17.7 Å². The average molecular weight is 441 g/mol. The number of hydrogen-bond acceptors (Lipinski definition) is 7. The number of esters is 1. The first-order chi connectivity index (χ1) is 15.4. The Bertz CT molecular complexity index is 1100. The molecule has 5 rings (SSSR count). The number of nitrogens with one attached hydrogen (secondary N) is 1. The molecule has 4 atom stereocenters. The van der Waals surface area contributed by atoms with Gasteiger partial charge in [-0.15, -0.1) is 0 Å². The Morgan fingerprint density at radius 2 is 1.97 bits per heavy atom. The van der Waals surface area contributed by atoms with Gasteiger partial charge in [-0.3, -0.25) is 24.1 Å². The number of hydrogen-bond donors (Lipinski definition) is 1. The molecule has 1 aromatic heterocycles. The predicted octanol–water partition coefficient (Wildman–Crippen LogP) is 1.01. The van der Waals surface area contributed by atoms with Crippen molar-refractivity contribution in [2.75, 3.05) is 25.1 Å². The second kappa shape index (κ2) is 7.27. The Kier molecular flexibility index (Phi) is 4.63. The summed E-state index contributed by atoms with van der Waals surface area (Å²) in [6.07, 6.45) is 1.05. The van der Waals surface area contributed by atoms with Gasteiger partial charge in [0.05, 0.1) is 43.4 Å². The maximum atomic E-state index is 13.7. The smallest absolute Gasteiger partial charge is 0.307 e. The van der Waals surface area contributed by atoms with Crippen molar-refractivity contribution >= 4 is 29.4 Å². The number of ether oxygens (including phenoxy) is 1. The molecule has 0 saturated carbocycles. The highest BCUT2D eigenvalue weighted by atomic mass is 19.1. The molecule has 3 aliphatic heterocycles. The second-order valence-electron chi connectivity index (χ2n) is 8.08. The van der Waals surface area contributed by atoms with Crippen molar-refractivity contribution in [1.82, 2.24) is 10.2 Å². The zero-order chi connectivity index (χ0) is 22.6. The van der Waals surface area contributed by atoms with Crippen molar-refractivity contribution in [3.8, 4) is 0 Å². The normalized spacial score (nSPS) is 29.6. The minimum absolute atomic E-state index is 0.199. The monoisotopic (exact) mass is 441 g/mol. The van der Waals surface area contributed by atoms with Crippen LogP contribution in [0.5, 0.6) is 0 Å². The lowest BCUT2D eigenvalue weighted by molar-refractivity contribution is -0.154. The van der Waals surface area contributed by atoms with Crippen molar-refractivity contribution in [2.24, 2.45) is 11.8 Å². The average Bonchev–Trinajstić information content (AvgIpc) is 3.46. The summed E-state index contributed by atoms with van der Waals surface area (Å²) in [6.45, 7) is 0.612. The topological polar surface area (TPSA) is 109 Å². The third-order valence-corrected chi connectivity index (χ3v) is 6.65. The summed E-state index contributed by atoms with van der Waals surface area (Å²) >= 11 is 0. The SMILES string of the molecule is COC(=O)C[C@]12C(=O)NCCN1[C@H](c1ccco1)[C@H]1C(=O)N(c3ccc(F)cc3)C(=O)[C@@H]12. The molecule has 3 aliphatic rings. The predicted molar refractivity (Wildman–Crippen MR) is 106 cm³/mol. The first-order valence-electron chi connectivity index (χ1n) is 10.2. The van der Waals surface area contributed by atoms with E-state index in [1.165, 1.54) is 25.5 Å². The van der Waals surface area contributed by atoms with E-state index in [9.17, 15) is 23.6 Å². The minimum atomic E-state index is -1.62. The van der Waals surface area contributed by atoms with Crippen molar-refractivity contribution in [3.63, 3.8) is 0 Å². The number of fused-ring (bicyclic) bond motifs is 3. The molecule has 3 fully saturated rings. The van der Waals surface area contributed by atoms with Crippen LogP contribution in [0.2, 0.25) is 0 Å². The number of nitrogens with zero attached hydrogens (tertiary/aromatic N) is 2. The van der Waals surface area contributed by atoms with E-state index in [4.69, 9.17) is 9.15 Å². The number of piperazine rings is 1. The summed E-state index contributed by atoms with van der Waals surface area (Å²) in [6, 6.07) is 7.58. The maximum absolute atomic E-state index is 13.7. The first kappa shape index (κ1) is 20.4. The third-order valence-electron chi connectivity index (χ3n) is 6.65. The molecule has 2 aromatic rings. The van der Waals surface area contributed by atoms with E-state index in [1.54, 1.807) is 17.0 Å². The molecule has 3 saturated heterocycles. The van der Waals surface area contributed by atoms with Crippen LogP contribution in [0.25, 0.3) is 0 Å². The summed E-state index contributed by atoms with van der Waals surface area (Å²) in [5.41, 5.74) is -1.42. The zero-order valence-electron chi connectivity index (χ0n) is 17.1. The van der Waals surface area contributed by atoms with Crippen molar-refractivity contribution in [1.29, 1.82) is 0 Å². The zero-order valence-corrected chi connectivity index (χ0v) is 17.1. The second-order valence-corrected chi connectivity index (χ2v) is 8.08. The van der Waals surface area contributed by atoms with Crippen LogP contribution in [-0.2, 0) is 23.9 Å². The molecule has 0 spiro atoms. The standard InChI is InChI=1S/C22H20FN3O6/c1-31-15(27)11-22-17-16(19(28)26(20(17)29)13-6-4-12(23)5-7-13)18(14-3-2-10-32-14)25(22)9-8-24-21(22)30/h2-7,10,16-18H,8-9,11H2,1H3,(H,24,30)/t16-,17+,18+,22-/m0/s1. The lowest BCUT2D eigenvalue weighted by Crippen LogP contribution is -2.67. The van der Waals surface area contributed by atoms with E-state index in [0.717, 1.165) is 17.0 Å². The molecule has 1 aromatic carbocycles. The largest absolute Gasteiger partial charge is 0.469 e. The minimum Gasteiger partial charge on any atom is -0.469 e. The van der Waals surface area contributed by atoms with Gasteiger partial charge in [0.25, 0.3) is 0 Å². The van der Waals surface area contributed by atoms with E-state index in [2.05, 4.69) is 5.32 Å². The Morgan fingerprint density at radius 1 is 1.22 bits per heavy atom. The van der Waals surface area contributed by atoms with Gasteiger partial charge < -0.3 is 14.5 Å². The third kappa shape index (κ3) is 2.65. The van der Waals surface area contributed by atoms with Crippen LogP contribution in [-0.4, -0.2) is 54.3 Å². The number of amides is 3. The van der Waals surface area contributed by atoms with E-state index >= 15 is 0 Å². The van der Waals surface area contributed by atoms with Gasteiger partial charge in [0.1, 0.15) is 17.1 Å². The maximum Gasteiger partial charge on any atom is 0.307 e. The van der Waals surface area contributed by atoms with Gasteiger partial charge in [0.15, 0.2) is 0 Å². The number of halogens is 1. The fourth-order valence-electron chi connectivity index (χ4n) is 5.40. The molecule has 0 bridgehead atoms. The summed E-state index contributed by atoms with van der Waals surface area (Å²) < 4.78 is 23.9. The van der Waals surface area contributed by atoms with Crippen LogP contribution in [0.4, 0.5) is 10.1 Å². The Balaban J connectivity index is 1.69. The molecule has 10 heteroatoms. The number of imide groups is 1. The molecule has 0 radical (unpaired) electrons. The highest BCUT2D eigenvalue weighted by Crippen LogP contribution is 2.57. The first-order valence-corrected chi connectivity index (χ1v) is 10.2. The summed E-state index contributed by atoms with van der Waals surface area (Å²) in [5.74, 6) is -4.54. The van der Waals surface area contributed by atoms with Crippen LogP contribution >= 0.6 is 0 Å².